The summed E-state index contributed by atoms with van der Waals surface area (Å²) in [5, 5.41) is 2.81. The van der Waals surface area contributed by atoms with Crippen LogP contribution in [0.4, 0.5) is 5.69 Å². The van der Waals surface area contributed by atoms with Gasteiger partial charge in [0.15, 0.2) is 21.3 Å². The lowest BCUT2D eigenvalue weighted by Gasteiger charge is -2.19. The van der Waals surface area contributed by atoms with Crippen molar-refractivity contribution in [2.24, 2.45) is 0 Å². The summed E-state index contributed by atoms with van der Waals surface area (Å²) >= 11 is 0. The van der Waals surface area contributed by atoms with Crippen LogP contribution in [0.1, 0.15) is 15.9 Å². The lowest BCUT2D eigenvalue weighted by atomic mass is 10.1. The number of sulfone groups is 1. The van der Waals surface area contributed by atoms with E-state index >= 15 is 0 Å². The maximum Gasteiger partial charge on any atom is 0.255 e. The van der Waals surface area contributed by atoms with Crippen molar-refractivity contribution in [3.63, 3.8) is 0 Å². The summed E-state index contributed by atoms with van der Waals surface area (Å²) in [6, 6.07) is 20.0. The summed E-state index contributed by atoms with van der Waals surface area (Å²) < 4.78 is 36.2. The molecule has 1 heterocycles. The molecule has 0 atom stereocenters. The Bertz CT molecular complexity index is 1140. The number of carbonyl (C=O) groups is 1. The molecule has 0 aromatic heterocycles. The Balaban J connectivity index is 1.50. The van der Waals surface area contributed by atoms with Crippen molar-refractivity contribution in [3.8, 4) is 11.5 Å². The second-order valence-corrected chi connectivity index (χ2v) is 8.57. The van der Waals surface area contributed by atoms with Crippen molar-refractivity contribution in [3.05, 3.63) is 83.9 Å². The molecule has 0 aliphatic carbocycles. The van der Waals surface area contributed by atoms with Gasteiger partial charge >= 0.3 is 0 Å². The highest BCUT2D eigenvalue weighted by Crippen LogP contribution is 2.32. The van der Waals surface area contributed by atoms with Crippen LogP contribution in [0.15, 0.2) is 77.7 Å². The maximum atomic E-state index is 12.6. The summed E-state index contributed by atoms with van der Waals surface area (Å²) in [4.78, 5) is 12.9. The molecule has 29 heavy (non-hydrogen) atoms. The van der Waals surface area contributed by atoms with Crippen LogP contribution in [0.2, 0.25) is 0 Å². The highest BCUT2D eigenvalue weighted by Gasteiger charge is 2.17. The van der Waals surface area contributed by atoms with Gasteiger partial charge in [0, 0.05) is 17.3 Å². The van der Waals surface area contributed by atoms with Gasteiger partial charge in [0.2, 0.25) is 0 Å². The van der Waals surface area contributed by atoms with Crippen molar-refractivity contribution < 1.29 is 22.7 Å². The number of rotatable bonds is 5. The van der Waals surface area contributed by atoms with Crippen molar-refractivity contribution in [1.82, 2.24) is 0 Å². The topological polar surface area (TPSA) is 81.7 Å². The fraction of sp³-hybridized carbons (Fsp3) is 0.136. The Hall–Kier alpha value is -3.32. The largest absolute Gasteiger partial charge is 0.486 e. The summed E-state index contributed by atoms with van der Waals surface area (Å²) in [6.07, 6.45) is 0. The van der Waals surface area contributed by atoms with Gasteiger partial charge in [-0.15, -0.1) is 0 Å². The molecule has 3 aromatic carbocycles. The predicted octanol–water partition coefficient (Wildman–Crippen LogP) is 3.68. The van der Waals surface area contributed by atoms with Crippen LogP contribution in [0.3, 0.4) is 0 Å². The van der Waals surface area contributed by atoms with E-state index in [2.05, 4.69) is 5.32 Å². The molecule has 0 radical (unpaired) electrons. The van der Waals surface area contributed by atoms with Gasteiger partial charge < -0.3 is 14.8 Å². The van der Waals surface area contributed by atoms with E-state index in [0.717, 1.165) is 0 Å². The number of ether oxygens (including phenoxy) is 2. The zero-order valence-electron chi connectivity index (χ0n) is 15.5. The molecule has 4 rings (SSSR count). The molecule has 0 spiro atoms. The summed E-state index contributed by atoms with van der Waals surface area (Å²) in [7, 11) is -3.49. The van der Waals surface area contributed by atoms with Gasteiger partial charge in [-0.3, -0.25) is 4.79 Å². The number of anilines is 1. The fourth-order valence-corrected chi connectivity index (χ4v) is 4.41. The molecule has 3 aromatic rings. The number of hydrogen-bond donors (Lipinski definition) is 1. The van der Waals surface area contributed by atoms with Crippen LogP contribution < -0.4 is 14.8 Å². The summed E-state index contributed by atoms with van der Waals surface area (Å²) in [5.41, 5.74) is 1.49. The molecule has 7 heteroatoms. The quantitative estimate of drug-likeness (QED) is 0.695. The third kappa shape index (κ3) is 4.41. The standard InChI is InChI=1S/C22H19NO5S/c24-22(23-18-9-10-20-21(14-18)28-12-11-27-20)17-6-4-5-16(13-17)15-29(25,26)19-7-2-1-3-8-19/h1-10,13-14H,11-12,15H2,(H,23,24). The minimum atomic E-state index is -3.49. The van der Waals surface area contributed by atoms with Crippen molar-refractivity contribution >= 4 is 21.4 Å². The Morgan fingerprint density at radius 2 is 1.62 bits per heavy atom. The highest BCUT2D eigenvalue weighted by atomic mass is 32.2. The van der Waals surface area contributed by atoms with Crippen LogP contribution in [0.25, 0.3) is 0 Å². The van der Waals surface area contributed by atoms with Gasteiger partial charge in [0.25, 0.3) is 5.91 Å². The van der Waals surface area contributed by atoms with Crippen LogP contribution in [0, 0.1) is 0 Å². The third-order valence-electron chi connectivity index (χ3n) is 4.45. The van der Waals surface area contributed by atoms with Crippen LogP contribution >= 0.6 is 0 Å². The number of hydrogen-bond acceptors (Lipinski definition) is 5. The average Bonchev–Trinajstić information content (AvgIpc) is 2.74. The number of carbonyl (C=O) groups excluding carboxylic acids is 1. The van der Waals surface area contributed by atoms with Crippen molar-refractivity contribution in [2.45, 2.75) is 10.6 Å². The first-order chi connectivity index (χ1) is 14.0. The van der Waals surface area contributed by atoms with E-state index in [1.165, 1.54) is 0 Å². The molecule has 1 aliphatic rings. The van der Waals surface area contributed by atoms with E-state index in [1.54, 1.807) is 72.8 Å². The Morgan fingerprint density at radius 3 is 2.41 bits per heavy atom. The lowest BCUT2D eigenvalue weighted by molar-refractivity contribution is 0.102. The van der Waals surface area contributed by atoms with Crippen LogP contribution in [0.5, 0.6) is 11.5 Å². The third-order valence-corrected chi connectivity index (χ3v) is 6.15. The van der Waals surface area contributed by atoms with Gasteiger partial charge in [-0.2, -0.15) is 0 Å². The fourth-order valence-electron chi connectivity index (χ4n) is 3.06. The molecule has 0 bridgehead atoms. The molecule has 1 amide bonds. The lowest BCUT2D eigenvalue weighted by Crippen LogP contribution is -2.16. The normalized spacial score (nSPS) is 13.0. The molecule has 0 saturated heterocycles. The molecular formula is C22H19NO5S. The Morgan fingerprint density at radius 1 is 0.862 bits per heavy atom. The van der Waals surface area contributed by atoms with Crippen LogP contribution in [-0.2, 0) is 15.6 Å². The molecule has 1 N–H and O–H groups in total. The van der Waals surface area contributed by atoms with Gasteiger partial charge in [0.05, 0.1) is 10.6 Å². The molecule has 6 nitrogen and oxygen atoms in total. The van der Waals surface area contributed by atoms with E-state index in [0.29, 0.717) is 41.5 Å². The summed E-state index contributed by atoms with van der Waals surface area (Å²) in [5.74, 6) is 0.710. The maximum absolute atomic E-state index is 12.6. The van der Waals surface area contributed by atoms with Gasteiger partial charge in [0.1, 0.15) is 13.2 Å². The first kappa shape index (κ1) is 19.0. The first-order valence-electron chi connectivity index (χ1n) is 9.09. The minimum Gasteiger partial charge on any atom is -0.486 e. The molecular weight excluding hydrogens is 390 g/mol. The molecule has 0 fully saturated rings. The van der Waals surface area contributed by atoms with E-state index in [4.69, 9.17) is 9.47 Å². The zero-order valence-corrected chi connectivity index (χ0v) is 16.3. The smallest absolute Gasteiger partial charge is 0.255 e. The van der Waals surface area contributed by atoms with Gasteiger partial charge in [-0.25, -0.2) is 8.42 Å². The SMILES string of the molecule is O=C(Nc1ccc2c(c1)OCCO2)c1cccc(CS(=O)(=O)c2ccccc2)c1. The Labute approximate surface area is 169 Å². The second-order valence-electron chi connectivity index (χ2n) is 6.59. The van der Waals surface area contributed by atoms with Crippen molar-refractivity contribution in [1.29, 1.82) is 0 Å². The zero-order chi connectivity index (χ0) is 20.3. The Kier molecular flexibility index (Phi) is 5.22. The number of benzene rings is 3. The predicted molar refractivity (Wildman–Crippen MR) is 109 cm³/mol. The van der Waals surface area contributed by atoms with E-state index in [1.807, 2.05) is 0 Å². The van der Waals surface area contributed by atoms with Gasteiger partial charge in [-0.1, -0.05) is 30.3 Å². The minimum absolute atomic E-state index is 0.178. The first-order valence-corrected chi connectivity index (χ1v) is 10.7. The van der Waals surface area contributed by atoms with E-state index in [9.17, 15) is 13.2 Å². The molecule has 0 unspecified atom stereocenters. The monoisotopic (exact) mass is 409 g/mol. The number of fused-ring (bicyclic) bond motifs is 1. The summed E-state index contributed by atoms with van der Waals surface area (Å²) in [6.45, 7) is 0.958. The van der Waals surface area contributed by atoms with Crippen molar-refractivity contribution in [2.75, 3.05) is 18.5 Å². The highest BCUT2D eigenvalue weighted by molar-refractivity contribution is 7.90. The van der Waals surface area contributed by atoms with Gasteiger partial charge in [-0.05, 0) is 42.0 Å². The van der Waals surface area contributed by atoms with E-state index in [-0.39, 0.29) is 16.6 Å². The molecule has 0 saturated carbocycles. The number of amides is 1. The number of nitrogens with one attached hydrogen (secondary N) is 1. The van der Waals surface area contributed by atoms with E-state index < -0.39 is 9.84 Å². The molecule has 1 aliphatic heterocycles. The average molecular weight is 409 g/mol. The molecule has 148 valence electrons. The second kappa shape index (κ2) is 7.97. The van der Waals surface area contributed by atoms with Crippen LogP contribution in [-0.4, -0.2) is 27.5 Å².